The quantitative estimate of drug-likeness (QED) is 0.659. The monoisotopic (exact) mass is 261 g/mol. The Labute approximate surface area is 110 Å². The number of benzene rings is 1. The van der Waals surface area contributed by atoms with Gasteiger partial charge in [-0.3, -0.25) is 5.41 Å². The third-order valence-corrected chi connectivity index (χ3v) is 2.63. The van der Waals surface area contributed by atoms with Crippen LogP contribution in [0.3, 0.4) is 0 Å². The van der Waals surface area contributed by atoms with Crippen molar-refractivity contribution in [2.45, 2.75) is 6.92 Å². The van der Waals surface area contributed by atoms with Gasteiger partial charge in [0.1, 0.15) is 17.3 Å². The van der Waals surface area contributed by atoms with Crippen LogP contribution in [-0.2, 0) is 0 Å². The number of ether oxygens (including phenoxy) is 1. The predicted octanol–water partition coefficient (Wildman–Crippen LogP) is 3.12. The van der Waals surface area contributed by atoms with Gasteiger partial charge in [-0.05, 0) is 36.8 Å². The third-order valence-electron chi connectivity index (χ3n) is 2.33. The standard InChI is InChI=1S/C13H12ClN3O/c1-8-4-5-10(9(14)7-8)18-11-3-2-6-17-12(11)13(15)16/h2-7H,1H3,(H3,15,16). The first-order valence-corrected chi connectivity index (χ1v) is 5.69. The van der Waals surface area contributed by atoms with Crippen LogP contribution in [-0.4, -0.2) is 10.8 Å². The summed E-state index contributed by atoms with van der Waals surface area (Å²) in [5.41, 5.74) is 6.78. The minimum atomic E-state index is -0.145. The summed E-state index contributed by atoms with van der Waals surface area (Å²) in [7, 11) is 0. The molecule has 1 aromatic heterocycles. The molecule has 0 aliphatic carbocycles. The molecule has 0 aliphatic rings. The molecule has 0 spiro atoms. The maximum atomic E-state index is 7.43. The molecule has 1 heterocycles. The van der Waals surface area contributed by atoms with Crippen molar-refractivity contribution >= 4 is 17.4 Å². The molecule has 0 aliphatic heterocycles. The van der Waals surface area contributed by atoms with Crippen molar-refractivity contribution < 1.29 is 4.74 Å². The van der Waals surface area contributed by atoms with E-state index in [0.29, 0.717) is 22.2 Å². The lowest BCUT2D eigenvalue weighted by molar-refractivity contribution is 0.479. The Morgan fingerprint density at radius 1 is 1.33 bits per heavy atom. The van der Waals surface area contributed by atoms with Gasteiger partial charge < -0.3 is 10.5 Å². The van der Waals surface area contributed by atoms with Gasteiger partial charge in [0.25, 0.3) is 0 Å². The first kappa shape index (κ1) is 12.4. The van der Waals surface area contributed by atoms with Crippen LogP contribution in [0, 0.1) is 12.3 Å². The van der Waals surface area contributed by atoms with Gasteiger partial charge in [-0.1, -0.05) is 17.7 Å². The Bertz CT molecular complexity index is 599. The summed E-state index contributed by atoms with van der Waals surface area (Å²) in [6.07, 6.45) is 1.56. The van der Waals surface area contributed by atoms with Crippen LogP contribution in [0.1, 0.15) is 11.3 Å². The second-order valence-electron chi connectivity index (χ2n) is 3.80. The number of aromatic nitrogens is 1. The van der Waals surface area contributed by atoms with E-state index < -0.39 is 0 Å². The van der Waals surface area contributed by atoms with Crippen LogP contribution in [0.5, 0.6) is 11.5 Å². The molecule has 5 heteroatoms. The number of rotatable bonds is 3. The van der Waals surface area contributed by atoms with E-state index >= 15 is 0 Å². The molecule has 0 amide bonds. The zero-order valence-corrected chi connectivity index (χ0v) is 10.5. The average Bonchev–Trinajstić information content (AvgIpc) is 2.33. The zero-order chi connectivity index (χ0) is 13.1. The number of nitrogen functional groups attached to an aromatic ring is 1. The summed E-state index contributed by atoms with van der Waals surface area (Å²) in [6.45, 7) is 1.95. The topological polar surface area (TPSA) is 72.0 Å². The normalized spacial score (nSPS) is 10.1. The first-order chi connectivity index (χ1) is 8.58. The Hall–Kier alpha value is -2.07. The minimum Gasteiger partial charge on any atom is -0.453 e. The average molecular weight is 262 g/mol. The SMILES string of the molecule is Cc1ccc(Oc2cccnc2C(=N)N)c(Cl)c1. The van der Waals surface area contributed by atoms with E-state index in [1.807, 2.05) is 13.0 Å². The number of hydrogen-bond donors (Lipinski definition) is 2. The maximum Gasteiger partial charge on any atom is 0.156 e. The van der Waals surface area contributed by atoms with E-state index in [1.165, 1.54) is 0 Å². The maximum absolute atomic E-state index is 7.43. The lowest BCUT2D eigenvalue weighted by Crippen LogP contribution is -2.14. The highest BCUT2D eigenvalue weighted by Crippen LogP contribution is 2.30. The summed E-state index contributed by atoms with van der Waals surface area (Å²) >= 11 is 6.08. The molecule has 3 N–H and O–H groups in total. The molecule has 18 heavy (non-hydrogen) atoms. The number of amidine groups is 1. The second-order valence-corrected chi connectivity index (χ2v) is 4.21. The van der Waals surface area contributed by atoms with Crippen molar-refractivity contribution in [3.63, 3.8) is 0 Å². The lowest BCUT2D eigenvalue weighted by atomic mass is 10.2. The first-order valence-electron chi connectivity index (χ1n) is 5.31. The fraction of sp³-hybridized carbons (Fsp3) is 0.0769. The van der Waals surface area contributed by atoms with Gasteiger partial charge in [0.2, 0.25) is 0 Å². The van der Waals surface area contributed by atoms with Gasteiger partial charge in [0.15, 0.2) is 5.75 Å². The van der Waals surface area contributed by atoms with E-state index in [0.717, 1.165) is 5.56 Å². The number of nitrogens with zero attached hydrogens (tertiary/aromatic N) is 1. The molecule has 1 aromatic carbocycles. The van der Waals surface area contributed by atoms with Gasteiger partial charge in [0, 0.05) is 6.20 Å². The summed E-state index contributed by atoms with van der Waals surface area (Å²) in [6, 6.07) is 8.88. The molecule has 2 rings (SSSR count). The highest BCUT2D eigenvalue weighted by molar-refractivity contribution is 6.32. The van der Waals surface area contributed by atoms with E-state index in [9.17, 15) is 0 Å². The summed E-state index contributed by atoms with van der Waals surface area (Å²) in [4.78, 5) is 4.00. The van der Waals surface area contributed by atoms with Gasteiger partial charge in [-0.25, -0.2) is 4.98 Å². The van der Waals surface area contributed by atoms with Crippen LogP contribution in [0.2, 0.25) is 5.02 Å². The molecule has 92 valence electrons. The fourth-order valence-corrected chi connectivity index (χ4v) is 1.76. The second kappa shape index (κ2) is 5.06. The number of nitrogens with one attached hydrogen (secondary N) is 1. The molecule has 0 unspecified atom stereocenters. The lowest BCUT2D eigenvalue weighted by Gasteiger charge is -2.10. The van der Waals surface area contributed by atoms with E-state index in [1.54, 1.807) is 30.5 Å². The van der Waals surface area contributed by atoms with E-state index in [2.05, 4.69) is 4.98 Å². The Morgan fingerprint density at radius 3 is 2.78 bits per heavy atom. The van der Waals surface area contributed by atoms with Crippen molar-refractivity contribution in [3.8, 4) is 11.5 Å². The number of aryl methyl sites for hydroxylation is 1. The Balaban J connectivity index is 2.37. The van der Waals surface area contributed by atoms with Crippen LogP contribution in [0.25, 0.3) is 0 Å². The fourth-order valence-electron chi connectivity index (χ4n) is 1.48. The number of hydrogen-bond acceptors (Lipinski definition) is 3. The molecule has 0 bridgehead atoms. The minimum absolute atomic E-state index is 0.145. The molecule has 4 nitrogen and oxygen atoms in total. The molecule has 0 fully saturated rings. The van der Waals surface area contributed by atoms with Gasteiger partial charge in [0.05, 0.1) is 5.02 Å². The summed E-state index contributed by atoms with van der Waals surface area (Å²) < 4.78 is 5.64. The van der Waals surface area contributed by atoms with Crippen LogP contribution in [0.15, 0.2) is 36.5 Å². The van der Waals surface area contributed by atoms with Crippen molar-refractivity contribution in [1.29, 1.82) is 5.41 Å². The van der Waals surface area contributed by atoms with E-state index in [-0.39, 0.29) is 5.84 Å². The number of pyridine rings is 1. The Morgan fingerprint density at radius 2 is 2.11 bits per heavy atom. The molecule has 2 aromatic rings. The van der Waals surface area contributed by atoms with Crippen LogP contribution < -0.4 is 10.5 Å². The zero-order valence-electron chi connectivity index (χ0n) is 9.77. The summed E-state index contributed by atoms with van der Waals surface area (Å²) in [5.74, 6) is 0.780. The number of nitrogens with two attached hydrogens (primary N) is 1. The van der Waals surface area contributed by atoms with Crippen molar-refractivity contribution in [3.05, 3.63) is 52.8 Å². The molecular weight excluding hydrogens is 250 g/mol. The molecule has 0 saturated carbocycles. The highest BCUT2D eigenvalue weighted by Gasteiger charge is 2.10. The van der Waals surface area contributed by atoms with Crippen LogP contribution >= 0.6 is 11.6 Å². The number of halogens is 1. The molecule has 0 saturated heterocycles. The largest absolute Gasteiger partial charge is 0.453 e. The van der Waals surface area contributed by atoms with Crippen molar-refractivity contribution in [1.82, 2.24) is 4.98 Å². The van der Waals surface area contributed by atoms with Gasteiger partial charge in [-0.2, -0.15) is 0 Å². The predicted molar refractivity (Wildman–Crippen MR) is 71.5 cm³/mol. The molecular formula is C13H12ClN3O. The highest BCUT2D eigenvalue weighted by atomic mass is 35.5. The van der Waals surface area contributed by atoms with Crippen molar-refractivity contribution in [2.24, 2.45) is 5.73 Å². The van der Waals surface area contributed by atoms with Gasteiger partial charge in [-0.15, -0.1) is 0 Å². The summed E-state index contributed by atoms with van der Waals surface area (Å²) in [5, 5.41) is 7.94. The molecule has 0 atom stereocenters. The molecule has 0 radical (unpaired) electrons. The van der Waals surface area contributed by atoms with Gasteiger partial charge >= 0.3 is 0 Å². The smallest absolute Gasteiger partial charge is 0.156 e. The van der Waals surface area contributed by atoms with Crippen LogP contribution in [0.4, 0.5) is 0 Å². The Kier molecular flexibility index (Phi) is 3.48. The van der Waals surface area contributed by atoms with Crippen molar-refractivity contribution in [2.75, 3.05) is 0 Å². The van der Waals surface area contributed by atoms with E-state index in [4.69, 9.17) is 27.5 Å². The third kappa shape index (κ3) is 2.60.